The molecule has 0 saturated carbocycles. The molecule has 2 amide bonds. The maximum atomic E-state index is 12.6. The molecule has 2 aromatic heterocycles. The van der Waals surface area contributed by atoms with Crippen molar-refractivity contribution in [2.45, 2.75) is 139 Å². The lowest BCUT2D eigenvalue weighted by molar-refractivity contribution is 0.0570. The molecule has 4 aliphatic carbocycles. The molecule has 0 aliphatic heterocycles. The fraction of sp³-hybridized carbons (Fsp3) is 0.500. The van der Waals surface area contributed by atoms with Crippen LogP contribution >= 0.6 is 0 Å². The van der Waals surface area contributed by atoms with Crippen molar-refractivity contribution in [3.63, 3.8) is 0 Å². The van der Waals surface area contributed by atoms with Crippen molar-refractivity contribution in [3.05, 3.63) is 81.4 Å². The number of sulfonamides is 2. The number of isocyanates is 1. The highest BCUT2D eigenvalue weighted by molar-refractivity contribution is 7.90. The Morgan fingerprint density at radius 2 is 1.16 bits per heavy atom. The topological polar surface area (TPSA) is 241 Å². The summed E-state index contributed by atoms with van der Waals surface area (Å²) in [6, 6.07) is 3.82. The van der Waals surface area contributed by atoms with Gasteiger partial charge in [-0.05, 0) is 149 Å². The molecule has 4 aromatic rings. The Kier molecular flexibility index (Phi) is 12.5. The number of carbonyl (C=O) groups excluding carboxylic acids is 2. The van der Waals surface area contributed by atoms with Crippen molar-refractivity contribution in [3.8, 4) is 0 Å². The van der Waals surface area contributed by atoms with Gasteiger partial charge in [-0.2, -0.15) is 15.2 Å². The predicted octanol–water partition coefficient (Wildman–Crippen LogP) is 4.07. The number of primary sulfonamides is 1. The number of hydrogen-bond donors (Lipinski definition) is 5. The van der Waals surface area contributed by atoms with Gasteiger partial charge in [0.2, 0.25) is 16.1 Å². The van der Waals surface area contributed by atoms with E-state index in [0.717, 1.165) is 92.9 Å². The first-order valence-electron chi connectivity index (χ1n) is 19.5. The molecule has 0 spiro atoms. The molecular weight excluding hydrogens is 785 g/mol. The van der Waals surface area contributed by atoms with Crippen molar-refractivity contribution in [2.24, 2.45) is 10.1 Å². The Morgan fingerprint density at radius 1 is 0.741 bits per heavy atom. The van der Waals surface area contributed by atoms with Gasteiger partial charge in [-0.25, -0.2) is 36.3 Å². The van der Waals surface area contributed by atoms with E-state index < -0.39 is 37.3 Å². The molecule has 16 nitrogen and oxygen atoms in total. The standard InChI is InChI=1S/C20H26N4O4S.C13H13NO.C7H13N3O3S/c1-20(2,26)12-24-11-15(10-21-24)29(27,28)23-19(25)22-18-16-7-3-5-13(16)9-14-6-4-8-17(14)18;15-8-14-13-11-5-1-3-9(11)7-10-4-2-6-12(10)13;1-7(2,11)5-10-4-6(3-9-10)14(8,12)13/h9-11,26H,3-8,12H2,1-2H3,(H2,22,23,25);7H,1-6H2;3-4,11H,5H2,1-2H3,(H2,8,12,13). The molecule has 58 heavy (non-hydrogen) atoms. The number of rotatable bonds is 9. The van der Waals surface area contributed by atoms with E-state index in [-0.39, 0.29) is 22.9 Å². The average Bonchev–Trinajstić information content (AvgIpc) is 3.95. The third kappa shape index (κ3) is 10.5. The van der Waals surface area contributed by atoms with Crippen LogP contribution in [0.2, 0.25) is 0 Å². The number of anilines is 1. The number of hydrogen-bond acceptors (Lipinski definition) is 11. The van der Waals surface area contributed by atoms with E-state index in [1.54, 1.807) is 33.8 Å². The number of amides is 2. The van der Waals surface area contributed by atoms with Gasteiger partial charge in [0.05, 0.1) is 42.4 Å². The van der Waals surface area contributed by atoms with Gasteiger partial charge in [-0.3, -0.25) is 9.36 Å². The van der Waals surface area contributed by atoms with Gasteiger partial charge in [0.1, 0.15) is 9.79 Å². The van der Waals surface area contributed by atoms with Crippen LogP contribution in [0.25, 0.3) is 0 Å². The number of urea groups is 1. The summed E-state index contributed by atoms with van der Waals surface area (Å²) in [5.41, 5.74) is 10.0. The second-order valence-corrected chi connectivity index (χ2v) is 19.9. The van der Waals surface area contributed by atoms with E-state index in [0.29, 0.717) is 0 Å². The van der Waals surface area contributed by atoms with E-state index in [2.05, 4.69) is 37.4 Å². The number of carbonyl (C=O) groups is 1. The number of nitrogens with two attached hydrogens (primary N) is 1. The molecule has 0 bridgehead atoms. The summed E-state index contributed by atoms with van der Waals surface area (Å²) in [6.45, 7) is 6.76. The van der Waals surface area contributed by atoms with Crippen LogP contribution in [0.4, 0.5) is 16.2 Å². The van der Waals surface area contributed by atoms with Gasteiger partial charge >= 0.3 is 6.03 Å². The van der Waals surface area contributed by atoms with Crippen molar-refractivity contribution < 1.29 is 36.6 Å². The second-order valence-electron chi connectivity index (χ2n) is 16.6. The Morgan fingerprint density at radius 3 is 1.57 bits per heavy atom. The number of aliphatic hydroxyl groups is 2. The second kappa shape index (κ2) is 16.9. The van der Waals surface area contributed by atoms with E-state index in [4.69, 9.17) is 5.14 Å². The van der Waals surface area contributed by atoms with E-state index in [1.807, 2.05) is 0 Å². The summed E-state index contributed by atoms with van der Waals surface area (Å²) < 4.78 is 51.7. The molecule has 6 N–H and O–H groups in total. The minimum absolute atomic E-state index is 0.0539. The number of fused-ring (bicyclic) bond motifs is 4. The van der Waals surface area contributed by atoms with Crippen LogP contribution in [-0.2, 0) is 89.3 Å². The van der Waals surface area contributed by atoms with Gasteiger partial charge < -0.3 is 15.5 Å². The highest BCUT2D eigenvalue weighted by Crippen LogP contribution is 2.40. The van der Waals surface area contributed by atoms with E-state index in [9.17, 15) is 36.6 Å². The third-order valence-corrected chi connectivity index (χ3v) is 12.6. The molecule has 2 heterocycles. The Labute approximate surface area is 339 Å². The number of nitrogens with zero attached hydrogens (tertiary/aromatic N) is 5. The number of aliphatic imine (C=N–C) groups is 1. The highest BCUT2D eigenvalue weighted by atomic mass is 32.2. The lowest BCUT2D eigenvalue weighted by Gasteiger charge is -2.17. The first kappa shape index (κ1) is 42.9. The molecule has 0 atom stereocenters. The normalized spacial score (nSPS) is 15.5. The molecule has 0 radical (unpaired) electrons. The van der Waals surface area contributed by atoms with Crippen molar-refractivity contribution in [1.82, 2.24) is 24.3 Å². The first-order chi connectivity index (χ1) is 27.2. The molecular formula is C40H52N8O8S2. The van der Waals surface area contributed by atoms with Crippen LogP contribution in [0.1, 0.15) is 97.9 Å². The molecule has 0 fully saturated rings. The third-order valence-electron chi connectivity index (χ3n) is 10.5. The van der Waals surface area contributed by atoms with Gasteiger partial charge in [0, 0.05) is 18.1 Å². The van der Waals surface area contributed by atoms with Crippen LogP contribution < -0.4 is 15.2 Å². The quantitative estimate of drug-likeness (QED) is 0.120. The van der Waals surface area contributed by atoms with Crippen molar-refractivity contribution >= 4 is 43.5 Å². The summed E-state index contributed by atoms with van der Waals surface area (Å²) in [5.74, 6) is 0. The SMILES string of the molecule is CC(C)(O)Cn1cc(S(=O)(=O)NC(=O)Nc2c3c(cc4c2CCC4)CCC3)cn1.CC(C)(O)Cn1cc(S(N)(=O)=O)cn1.O=C=Nc1c2c(cc3c1CCC3)CCC2. The van der Waals surface area contributed by atoms with Crippen molar-refractivity contribution in [1.29, 1.82) is 0 Å². The summed E-state index contributed by atoms with van der Waals surface area (Å²) in [4.78, 5) is 26.8. The lowest BCUT2D eigenvalue weighted by Crippen LogP contribution is -2.35. The predicted molar refractivity (Wildman–Crippen MR) is 217 cm³/mol. The van der Waals surface area contributed by atoms with Gasteiger partial charge in [-0.15, -0.1) is 0 Å². The molecule has 8 rings (SSSR count). The van der Waals surface area contributed by atoms with Crippen LogP contribution in [-0.4, -0.2) is 69.9 Å². The lowest BCUT2D eigenvalue weighted by atomic mass is 9.99. The average molecular weight is 837 g/mol. The summed E-state index contributed by atoms with van der Waals surface area (Å²) in [6.07, 6.45) is 19.4. The smallest absolute Gasteiger partial charge is 0.333 e. The first-order valence-corrected chi connectivity index (χ1v) is 22.5. The molecule has 4 aliphatic rings. The maximum Gasteiger partial charge on any atom is 0.333 e. The number of aryl methyl sites for hydroxylation is 4. The summed E-state index contributed by atoms with van der Waals surface area (Å²) in [7, 11) is -7.77. The molecule has 312 valence electrons. The number of benzene rings is 2. The van der Waals surface area contributed by atoms with Gasteiger partial charge in [-0.1, -0.05) is 12.1 Å². The molecule has 18 heteroatoms. The zero-order valence-corrected chi connectivity index (χ0v) is 35.0. The van der Waals surface area contributed by atoms with Crippen LogP contribution in [0.3, 0.4) is 0 Å². The summed E-state index contributed by atoms with van der Waals surface area (Å²) >= 11 is 0. The van der Waals surface area contributed by atoms with Gasteiger partial charge in [0.25, 0.3) is 10.0 Å². The maximum absolute atomic E-state index is 12.6. The van der Waals surface area contributed by atoms with Crippen LogP contribution in [0.5, 0.6) is 0 Å². The monoisotopic (exact) mass is 836 g/mol. The van der Waals surface area contributed by atoms with Gasteiger partial charge in [0.15, 0.2) is 0 Å². The largest absolute Gasteiger partial charge is 0.389 e. The fourth-order valence-electron chi connectivity index (χ4n) is 8.19. The number of aromatic nitrogens is 4. The molecule has 2 aromatic carbocycles. The Bertz CT molecular complexity index is 2410. The molecule has 0 unspecified atom stereocenters. The van der Waals surface area contributed by atoms with Crippen LogP contribution in [0, 0.1) is 0 Å². The molecule has 0 saturated heterocycles. The minimum atomic E-state index is -4.07. The van der Waals surface area contributed by atoms with Crippen LogP contribution in [0.15, 0.2) is 51.7 Å². The highest BCUT2D eigenvalue weighted by Gasteiger charge is 2.28. The van der Waals surface area contributed by atoms with E-state index >= 15 is 0 Å². The van der Waals surface area contributed by atoms with E-state index in [1.165, 1.54) is 74.2 Å². The summed E-state index contributed by atoms with van der Waals surface area (Å²) in [5, 5.41) is 34.7. The van der Waals surface area contributed by atoms with Crippen molar-refractivity contribution in [2.75, 3.05) is 5.32 Å². The Hall–Kier alpha value is -4.71. The number of nitrogens with one attached hydrogen (secondary N) is 2. The zero-order chi connectivity index (χ0) is 42.0. The fourth-order valence-corrected chi connectivity index (χ4v) is 9.52. The minimum Gasteiger partial charge on any atom is -0.389 e. The zero-order valence-electron chi connectivity index (χ0n) is 33.3. The Balaban J connectivity index is 0.000000164.